The molecule has 90 valence electrons. The van der Waals surface area contributed by atoms with E-state index in [1.165, 1.54) is 0 Å². The Morgan fingerprint density at radius 2 is 2.35 bits per heavy atom. The zero-order valence-electron chi connectivity index (χ0n) is 10.0. The van der Waals surface area contributed by atoms with E-state index in [0.717, 1.165) is 30.2 Å². The SMILES string of the molecule is C=CCN(CC)c1nc2ccccn2c1CO. The van der Waals surface area contributed by atoms with E-state index in [9.17, 15) is 5.11 Å². The van der Waals surface area contributed by atoms with Gasteiger partial charge in [-0.05, 0) is 19.1 Å². The summed E-state index contributed by atoms with van der Waals surface area (Å²) in [7, 11) is 0. The van der Waals surface area contributed by atoms with Gasteiger partial charge in [0.05, 0.1) is 12.3 Å². The fourth-order valence-corrected chi connectivity index (χ4v) is 1.96. The fourth-order valence-electron chi connectivity index (χ4n) is 1.96. The van der Waals surface area contributed by atoms with E-state index in [0.29, 0.717) is 0 Å². The van der Waals surface area contributed by atoms with Crippen LogP contribution in [0.25, 0.3) is 5.65 Å². The van der Waals surface area contributed by atoms with Crippen LogP contribution >= 0.6 is 0 Å². The van der Waals surface area contributed by atoms with E-state index in [1.807, 2.05) is 34.9 Å². The standard InChI is InChI=1S/C13H17N3O/c1-3-8-15(4-2)13-11(10-17)16-9-6-5-7-12(16)14-13/h3,5-7,9,17H,1,4,8,10H2,2H3. The number of nitrogens with zero attached hydrogens (tertiary/aromatic N) is 3. The van der Waals surface area contributed by atoms with Gasteiger partial charge in [0.25, 0.3) is 0 Å². The van der Waals surface area contributed by atoms with Crippen LogP contribution in [0.4, 0.5) is 5.82 Å². The molecule has 0 aliphatic rings. The number of aliphatic hydroxyl groups is 1. The van der Waals surface area contributed by atoms with Crippen LogP contribution in [0.1, 0.15) is 12.6 Å². The molecular weight excluding hydrogens is 214 g/mol. The normalized spacial score (nSPS) is 10.7. The molecule has 2 rings (SSSR count). The molecule has 17 heavy (non-hydrogen) atoms. The highest BCUT2D eigenvalue weighted by molar-refractivity contribution is 5.56. The Hall–Kier alpha value is -1.81. The first-order chi connectivity index (χ1) is 8.31. The molecule has 1 N–H and O–H groups in total. The monoisotopic (exact) mass is 231 g/mol. The van der Waals surface area contributed by atoms with Crippen molar-refractivity contribution < 1.29 is 5.11 Å². The van der Waals surface area contributed by atoms with Crippen molar-refractivity contribution in [1.29, 1.82) is 0 Å². The van der Waals surface area contributed by atoms with Crippen molar-refractivity contribution in [1.82, 2.24) is 9.38 Å². The number of likely N-dealkylation sites (N-methyl/N-ethyl adjacent to an activating group) is 1. The van der Waals surface area contributed by atoms with Crippen LogP contribution in [-0.2, 0) is 6.61 Å². The summed E-state index contributed by atoms with van der Waals surface area (Å²) in [5.41, 5.74) is 1.68. The van der Waals surface area contributed by atoms with Crippen molar-refractivity contribution in [2.24, 2.45) is 0 Å². The van der Waals surface area contributed by atoms with Gasteiger partial charge in [-0.2, -0.15) is 0 Å². The highest BCUT2D eigenvalue weighted by Gasteiger charge is 2.15. The third kappa shape index (κ3) is 2.03. The molecule has 0 aromatic carbocycles. The lowest BCUT2D eigenvalue weighted by Crippen LogP contribution is -2.24. The molecule has 2 aromatic rings. The van der Waals surface area contributed by atoms with Gasteiger partial charge in [-0.1, -0.05) is 12.1 Å². The topological polar surface area (TPSA) is 40.8 Å². The lowest BCUT2D eigenvalue weighted by molar-refractivity contribution is 0.276. The Kier molecular flexibility index (Phi) is 3.44. The van der Waals surface area contributed by atoms with Crippen LogP contribution in [0.2, 0.25) is 0 Å². The lowest BCUT2D eigenvalue weighted by atomic mass is 10.3. The number of rotatable bonds is 5. The Labute approximate surface area is 101 Å². The quantitative estimate of drug-likeness (QED) is 0.798. The Bertz CT molecular complexity index is 518. The summed E-state index contributed by atoms with van der Waals surface area (Å²) in [5.74, 6) is 0.834. The predicted molar refractivity (Wildman–Crippen MR) is 69.2 cm³/mol. The third-order valence-electron chi connectivity index (χ3n) is 2.79. The van der Waals surface area contributed by atoms with Crippen LogP contribution in [0.5, 0.6) is 0 Å². The van der Waals surface area contributed by atoms with E-state index in [-0.39, 0.29) is 6.61 Å². The van der Waals surface area contributed by atoms with E-state index in [1.54, 1.807) is 0 Å². The summed E-state index contributed by atoms with van der Waals surface area (Å²) in [5, 5.41) is 9.50. The van der Waals surface area contributed by atoms with Crippen LogP contribution < -0.4 is 4.90 Å². The lowest BCUT2D eigenvalue weighted by Gasteiger charge is -2.19. The van der Waals surface area contributed by atoms with E-state index in [2.05, 4.69) is 23.4 Å². The number of hydrogen-bond acceptors (Lipinski definition) is 3. The Balaban J connectivity index is 2.55. The molecule has 0 radical (unpaired) electrons. The first kappa shape index (κ1) is 11.7. The zero-order chi connectivity index (χ0) is 12.3. The fraction of sp³-hybridized carbons (Fsp3) is 0.308. The van der Waals surface area contributed by atoms with Gasteiger partial charge in [0.15, 0.2) is 5.82 Å². The summed E-state index contributed by atoms with van der Waals surface area (Å²) in [6.07, 6.45) is 3.76. The zero-order valence-corrected chi connectivity index (χ0v) is 10.0. The number of imidazole rings is 1. The molecular formula is C13H17N3O. The number of pyridine rings is 1. The van der Waals surface area contributed by atoms with Crippen molar-refractivity contribution in [3.05, 3.63) is 42.7 Å². The van der Waals surface area contributed by atoms with Crippen molar-refractivity contribution in [3.63, 3.8) is 0 Å². The minimum Gasteiger partial charge on any atom is -0.390 e. The molecule has 0 aliphatic heterocycles. The average molecular weight is 231 g/mol. The summed E-state index contributed by atoms with van der Waals surface area (Å²) in [6, 6.07) is 5.81. The van der Waals surface area contributed by atoms with Gasteiger partial charge >= 0.3 is 0 Å². The molecule has 2 heterocycles. The van der Waals surface area contributed by atoms with Gasteiger partial charge in [-0.3, -0.25) is 4.40 Å². The average Bonchev–Trinajstić information content (AvgIpc) is 2.74. The minimum absolute atomic E-state index is 0.0197. The highest BCUT2D eigenvalue weighted by atomic mass is 16.3. The van der Waals surface area contributed by atoms with Gasteiger partial charge in [0.2, 0.25) is 0 Å². The summed E-state index contributed by atoms with van der Waals surface area (Å²) < 4.78 is 1.92. The highest BCUT2D eigenvalue weighted by Crippen LogP contribution is 2.21. The van der Waals surface area contributed by atoms with Crippen molar-refractivity contribution in [2.75, 3.05) is 18.0 Å². The summed E-state index contributed by atoms with van der Waals surface area (Å²) in [4.78, 5) is 6.64. The number of hydrogen-bond donors (Lipinski definition) is 1. The van der Waals surface area contributed by atoms with Crippen LogP contribution in [-0.4, -0.2) is 27.6 Å². The van der Waals surface area contributed by atoms with Crippen molar-refractivity contribution in [2.45, 2.75) is 13.5 Å². The van der Waals surface area contributed by atoms with Crippen molar-refractivity contribution in [3.8, 4) is 0 Å². The molecule has 2 aromatic heterocycles. The number of anilines is 1. The first-order valence-corrected chi connectivity index (χ1v) is 5.74. The van der Waals surface area contributed by atoms with E-state index in [4.69, 9.17) is 0 Å². The summed E-state index contributed by atoms with van der Waals surface area (Å²) >= 11 is 0. The van der Waals surface area contributed by atoms with Crippen molar-refractivity contribution >= 4 is 11.5 Å². The second-order valence-corrected chi connectivity index (χ2v) is 3.80. The van der Waals surface area contributed by atoms with Gasteiger partial charge in [-0.15, -0.1) is 6.58 Å². The van der Waals surface area contributed by atoms with Gasteiger partial charge in [0.1, 0.15) is 5.65 Å². The largest absolute Gasteiger partial charge is 0.390 e. The number of aromatic nitrogens is 2. The second-order valence-electron chi connectivity index (χ2n) is 3.80. The number of fused-ring (bicyclic) bond motifs is 1. The molecule has 0 spiro atoms. The molecule has 4 heteroatoms. The minimum atomic E-state index is -0.0197. The molecule has 0 saturated carbocycles. The first-order valence-electron chi connectivity index (χ1n) is 5.74. The predicted octanol–water partition coefficient (Wildman–Crippen LogP) is 1.84. The molecule has 0 saturated heterocycles. The third-order valence-corrected chi connectivity index (χ3v) is 2.79. The molecule has 0 unspecified atom stereocenters. The summed E-state index contributed by atoms with van der Waals surface area (Å²) in [6.45, 7) is 7.35. The molecule has 0 fully saturated rings. The molecule has 0 amide bonds. The Morgan fingerprint density at radius 1 is 1.53 bits per heavy atom. The van der Waals surface area contributed by atoms with Gasteiger partial charge in [0, 0.05) is 19.3 Å². The van der Waals surface area contributed by atoms with Crippen LogP contribution in [0.3, 0.4) is 0 Å². The maximum atomic E-state index is 9.50. The molecule has 0 bridgehead atoms. The van der Waals surface area contributed by atoms with Gasteiger partial charge in [-0.25, -0.2) is 4.98 Å². The second kappa shape index (κ2) is 5.01. The maximum Gasteiger partial charge on any atom is 0.153 e. The van der Waals surface area contributed by atoms with Crippen LogP contribution in [0, 0.1) is 0 Å². The Morgan fingerprint density at radius 3 is 3.00 bits per heavy atom. The van der Waals surface area contributed by atoms with E-state index < -0.39 is 0 Å². The smallest absolute Gasteiger partial charge is 0.153 e. The van der Waals surface area contributed by atoms with E-state index >= 15 is 0 Å². The number of aliphatic hydroxyl groups excluding tert-OH is 1. The van der Waals surface area contributed by atoms with Gasteiger partial charge < -0.3 is 10.0 Å². The molecule has 0 aliphatic carbocycles. The maximum absolute atomic E-state index is 9.50. The molecule has 4 nitrogen and oxygen atoms in total. The molecule has 0 atom stereocenters. The van der Waals surface area contributed by atoms with Crippen LogP contribution in [0.15, 0.2) is 37.1 Å².